The number of aliphatic carboxylic acids is 1. The number of carboxylic acid groups (broad SMARTS) is 1. The highest BCUT2D eigenvalue weighted by Gasteiger charge is 2.43. The van der Waals surface area contributed by atoms with Crippen LogP contribution in [0.1, 0.15) is 28.9 Å². The van der Waals surface area contributed by atoms with E-state index in [1.807, 2.05) is 17.0 Å². The summed E-state index contributed by atoms with van der Waals surface area (Å²) in [5.74, 6) is -2.66. The van der Waals surface area contributed by atoms with Crippen LogP contribution in [0.5, 0.6) is 0 Å². The van der Waals surface area contributed by atoms with Gasteiger partial charge in [-0.1, -0.05) is 35.9 Å². The molecule has 38 heavy (non-hydrogen) atoms. The van der Waals surface area contributed by atoms with E-state index < -0.39 is 17.3 Å². The van der Waals surface area contributed by atoms with Crippen molar-refractivity contribution in [3.05, 3.63) is 70.8 Å². The fourth-order valence-corrected chi connectivity index (χ4v) is 5.24. The summed E-state index contributed by atoms with van der Waals surface area (Å²) >= 11 is 6.03. The first-order valence-electron chi connectivity index (χ1n) is 12.3. The molecule has 1 aliphatic heterocycles. The quantitative estimate of drug-likeness (QED) is 0.241. The second-order valence-electron chi connectivity index (χ2n) is 10.1. The van der Waals surface area contributed by atoms with Gasteiger partial charge in [-0.3, -0.25) is 9.59 Å². The molecule has 2 heterocycles. The molecule has 1 aliphatic rings. The van der Waals surface area contributed by atoms with Gasteiger partial charge in [-0.15, -0.1) is 0 Å². The normalized spacial score (nSPS) is 16.5. The van der Waals surface area contributed by atoms with Crippen LogP contribution in [0, 0.1) is 23.1 Å². The van der Waals surface area contributed by atoms with Crippen LogP contribution in [0.4, 0.5) is 4.39 Å². The third kappa shape index (κ3) is 6.63. The predicted molar refractivity (Wildman–Crippen MR) is 138 cm³/mol. The summed E-state index contributed by atoms with van der Waals surface area (Å²) in [7, 11) is 0. The molecule has 3 aromatic rings. The first-order valence-corrected chi connectivity index (χ1v) is 12.7. The van der Waals surface area contributed by atoms with Crippen LogP contribution in [-0.2, 0) is 11.2 Å². The van der Waals surface area contributed by atoms with Crippen LogP contribution >= 0.6 is 11.6 Å². The zero-order valence-electron chi connectivity index (χ0n) is 20.7. The summed E-state index contributed by atoms with van der Waals surface area (Å²) in [5.41, 5.74) is 1.50. The summed E-state index contributed by atoms with van der Waals surface area (Å²) in [6, 6.07) is 11.6. The standard InChI is InChI=1S/C27H30ClFN4O5/c28-21-5-6-23(29)22(10-21)19-3-1-17(2-4-19)7-18(9-25(36)24-11-30-32-31-24)8-20(26(37)38)12-33-13-27(14-33,15-34)16-35/h1-6,10-11,18,20,34-35H,7-9,12-16H2,(H,37,38)(H,30,31,32)/t18-,20+/m1/s1. The Hall–Kier alpha value is -3.18. The number of H-pyrrole nitrogens is 1. The van der Waals surface area contributed by atoms with Crippen molar-refractivity contribution >= 4 is 23.4 Å². The molecule has 0 unspecified atom stereocenters. The van der Waals surface area contributed by atoms with Gasteiger partial charge in [0.15, 0.2) is 5.78 Å². The molecule has 0 bridgehead atoms. The van der Waals surface area contributed by atoms with Gasteiger partial charge in [-0.25, -0.2) is 4.39 Å². The van der Waals surface area contributed by atoms with Gasteiger partial charge in [0, 0.05) is 42.1 Å². The Labute approximate surface area is 224 Å². The van der Waals surface area contributed by atoms with E-state index in [4.69, 9.17) is 11.6 Å². The predicted octanol–water partition coefficient (Wildman–Crippen LogP) is 3.07. The van der Waals surface area contributed by atoms with Gasteiger partial charge in [0.1, 0.15) is 11.5 Å². The van der Waals surface area contributed by atoms with Gasteiger partial charge >= 0.3 is 5.97 Å². The number of hydrogen-bond donors (Lipinski definition) is 4. The maximum absolute atomic E-state index is 14.3. The highest BCUT2D eigenvalue weighted by atomic mass is 35.5. The van der Waals surface area contributed by atoms with Crippen LogP contribution in [0.2, 0.25) is 5.02 Å². The van der Waals surface area contributed by atoms with E-state index in [1.165, 1.54) is 18.3 Å². The number of carboxylic acids is 1. The van der Waals surface area contributed by atoms with Crippen LogP contribution in [-0.4, -0.2) is 80.2 Å². The van der Waals surface area contributed by atoms with Gasteiger partial charge in [-0.2, -0.15) is 15.4 Å². The summed E-state index contributed by atoms with van der Waals surface area (Å²) in [4.78, 5) is 26.9. The number of aliphatic hydroxyl groups is 2. The van der Waals surface area contributed by atoms with Crippen LogP contribution in [0.25, 0.3) is 11.1 Å². The lowest BCUT2D eigenvalue weighted by atomic mass is 9.79. The SMILES string of the molecule is O=C(C[C@H](Cc1ccc(-c2cc(Cl)ccc2F)cc1)C[C@@H](CN1CC(CO)(CO)C1)C(=O)O)c1cn[nH]n1. The maximum atomic E-state index is 14.3. The van der Waals surface area contributed by atoms with Gasteiger partial charge < -0.3 is 20.2 Å². The van der Waals surface area contributed by atoms with Crippen molar-refractivity contribution in [3.63, 3.8) is 0 Å². The number of nitrogens with zero attached hydrogens (tertiary/aromatic N) is 3. The minimum absolute atomic E-state index is 0.0816. The molecule has 0 aliphatic carbocycles. The Morgan fingerprint density at radius 1 is 1.13 bits per heavy atom. The first kappa shape index (κ1) is 27.8. The number of rotatable bonds is 13. The minimum Gasteiger partial charge on any atom is -0.481 e. The number of benzene rings is 2. The largest absolute Gasteiger partial charge is 0.481 e. The van der Waals surface area contributed by atoms with Gasteiger partial charge in [0.25, 0.3) is 0 Å². The number of carbonyl (C=O) groups excluding carboxylic acids is 1. The Kier molecular flexibility index (Phi) is 8.88. The third-order valence-electron chi connectivity index (χ3n) is 7.13. The fraction of sp³-hybridized carbons (Fsp3) is 0.407. The number of aromatic amines is 1. The van der Waals surface area contributed by atoms with Crippen molar-refractivity contribution in [1.29, 1.82) is 0 Å². The maximum Gasteiger partial charge on any atom is 0.307 e. The van der Waals surface area contributed by atoms with Crippen molar-refractivity contribution in [2.75, 3.05) is 32.8 Å². The monoisotopic (exact) mass is 544 g/mol. The van der Waals surface area contributed by atoms with E-state index in [0.29, 0.717) is 35.7 Å². The van der Waals surface area contributed by atoms with E-state index in [-0.39, 0.29) is 55.8 Å². The van der Waals surface area contributed by atoms with E-state index in [2.05, 4.69) is 15.4 Å². The van der Waals surface area contributed by atoms with Crippen LogP contribution < -0.4 is 0 Å². The highest BCUT2D eigenvalue weighted by Crippen LogP contribution is 2.32. The smallest absolute Gasteiger partial charge is 0.307 e. The number of aliphatic hydroxyl groups excluding tert-OH is 2. The zero-order chi connectivity index (χ0) is 27.3. The van der Waals surface area contributed by atoms with Crippen LogP contribution in [0.15, 0.2) is 48.7 Å². The number of ketones is 1. The molecule has 4 N–H and O–H groups in total. The molecule has 2 aromatic carbocycles. The van der Waals surface area contributed by atoms with E-state index in [9.17, 15) is 29.3 Å². The zero-order valence-corrected chi connectivity index (χ0v) is 21.4. The molecule has 0 amide bonds. The van der Waals surface area contributed by atoms with Gasteiger partial charge in [-0.05, 0) is 48.1 Å². The molecule has 9 nitrogen and oxygen atoms in total. The number of aromatic nitrogens is 3. The lowest BCUT2D eigenvalue weighted by Gasteiger charge is -2.49. The van der Waals surface area contributed by atoms with Crippen molar-refractivity contribution in [3.8, 4) is 11.1 Å². The molecule has 11 heteroatoms. The summed E-state index contributed by atoms with van der Waals surface area (Å²) in [5, 5.41) is 39.4. The molecule has 1 fully saturated rings. The Morgan fingerprint density at radius 2 is 1.84 bits per heavy atom. The summed E-state index contributed by atoms with van der Waals surface area (Å²) in [6.07, 6.45) is 2.10. The molecule has 0 saturated carbocycles. The number of likely N-dealkylation sites (tertiary alicyclic amines) is 1. The van der Waals surface area contributed by atoms with Gasteiger partial charge in [0.2, 0.25) is 0 Å². The van der Waals surface area contributed by atoms with Crippen molar-refractivity contribution in [2.24, 2.45) is 17.3 Å². The Balaban J connectivity index is 1.49. The van der Waals surface area contributed by atoms with Crippen molar-refractivity contribution in [2.45, 2.75) is 19.3 Å². The van der Waals surface area contributed by atoms with Crippen LogP contribution in [0.3, 0.4) is 0 Å². The molecule has 2 atom stereocenters. The Morgan fingerprint density at radius 3 is 2.45 bits per heavy atom. The van der Waals surface area contributed by atoms with E-state index in [0.717, 1.165) is 5.56 Å². The number of halogens is 2. The number of nitrogens with one attached hydrogen (secondary N) is 1. The molecule has 0 radical (unpaired) electrons. The molecular weight excluding hydrogens is 515 g/mol. The third-order valence-corrected chi connectivity index (χ3v) is 7.36. The lowest BCUT2D eigenvalue weighted by molar-refractivity contribution is -0.146. The van der Waals surface area contributed by atoms with Crippen molar-refractivity contribution < 1.29 is 29.3 Å². The molecule has 1 saturated heterocycles. The van der Waals surface area contributed by atoms with E-state index in [1.54, 1.807) is 18.2 Å². The summed E-state index contributed by atoms with van der Waals surface area (Å²) in [6.45, 7) is 0.740. The highest BCUT2D eigenvalue weighted by molar-refractivity contribution is 6.30. The summed E-state index contributed by atoms with van der Waals surface area (Å²) < 4.78 is 14.3. The van der Waals surface area contributed by atoms with E-state index >= 15 is 0 Å². The number of Topliss-reactive ketones (excluding diaryl/α,β-unsaturated/α-hetero) is 1. The van der Waals surface area contributed by atoms with Gasteiger partial charge in [0.05, 0.1) is 25.3 Å². The second-order valence-corrected chi connectivity index (χ2v) is 10.6. The number of hydrogen-bond acceptors (Lipinski definition) is 7. The Bertz CT molecular complexity index is 1240. The average Bonchev–Trinajstić information content (AvgIpc) is 3.42. The number of carbonyl (C=O) groups is 2. The van der Waals surface area contributed by atoms with Crippen molar-refractivity contribution in [1.82, 2.24) is 20.3 Å². The fourth-order valence-electron chi connectivity index (χ4n) is 5.06. The molecular formula is C27H30ClFN4O5. The first-order chi connectivity index (χ1) is 18.2. The average molecular weight is 545 g/mol. The molecule has 1 aromatic heterocycles. The topological polar surface area (TPSA) is 140 Å². The molecule has 4 rings (SSSR count). The molecule has 0 spiro atoms. The minimum atomic E-state index is -0.971. The second kappa shape index (κ2) is 12.1. The molecule has 202 valence electrons. The lowest BCUT2D eigenvalue weighted by Crippen LogP contribution is -2.61.